The molecular formula is C23H27NO4. The van der Waals surface area contributed by atoms with Gasteiger partial charge in [0.05, 0.1) is 12.2 Å². The van der Waals surface area contributed by atoms with E-state index in [-0.39, 0.29) is 11.5 Å². The topological polar surface area (TPSA) is 66.8 Å². The number of carboxylic acid groups (broad SMARTS) is 1. The van der Waals surface area contributed by atoms with Gasteiger partial charge in [0.25, 0.3) is 0 Å². The maximum atomic E-state index is 12.5. The molecule has 0 fully saturated rings. The molecule has 0 unspecified atom stereocenters. The second kappa shape index (κ2) is 8.91. The normalized spacial score (nSPS) is 13.1. The summed E-state index contributed by atoms with van der Waals surface area (Å²) in [6.07, 6.45) is 2.87. The highest BCUT2D eigenvalue weighted by atomic mass is 16.5. The summed E-state index contributed by atoms with van der Waals surface area (Å²) in [6.45, 7) is 5.86. The molecule has 1 N–H and O–H groups in total. The molecule has 0 saturated carbocycles. The first kappa shape index (κ1) is 19.9. The van der Waals surface area contributed by atoms with Crippen molar-refractivity contribution in [2.24, 2.45) is 0 Å². The molecule has 2 aromatic rings. The van der Waals surface area contributed by atoms with Crippen molar-refractivity contribution < 1.29 is 19.4 Å². The van der Waals surface area contributed by atoms with Gasteiger partial charge < -0.3 is 14.7 Å². The summed E-state index contributed by atoms with van der Waals surface area (Å²) in [6, 6.07) is 11.3. The summed E-state index contributed by atoms with van der Waals surface area (Å²) >= 11 is 0. The molecule has 1 amide bonds. The van der Waals surface area contributed by atoms with E-state index in [1.807, 2.05) is 30.9 Å². The number of hydrogen-bond acceptors (Lipinski definition) is 3. The number of carbonyl (C=O) groups excluding carboxylic acids is 1. The van der Waals surface area contributed by atoms with Crippen LogP contribution in [-0.2, 0) is 17.8 Å². The number of amides is 1. The van der Waals surface area contributed by atoms with Crippen LogP contribution >= 0.6 is 0 Å². The Labute approximate surface area is 165 Å². The van der Waals surface area contributed by atoms with E-state index in [2.05, 4.69) is 12.1 Å². The molecule has 0 aliphatic carbocycles. The van der Waals surface area contributed by atoms with Crippen LogP contribution in [0.2, 0.25) is 0 Å². The first-order valence-corrected chi connectivity index (χ1v) is 9.77. The Hall–Kier alpha value is -2.82. The molecule has 0 aromatic heterocycles. The van der Waals surface area contributed by atoms with Crippen molar-refractivity contribution in [2.75, 3.05) is 13.2 Å². The molecule has 5 heteroatoms. The van der Waals surface area contributed by atoms with E-state index in [9.17, 15) is 9.59 Å². The zero-order chi connectivity index (χ0) is 20.1. The fraction of sp³-hybridized carbons (Fsp3) is 0.391. The van der Waals surface area contributed by atoms with E-state index >= 15 is 0 Å². The predicted octanol–water partition coefficient (Wildman–Crippen LogP) is 4.14. The van der Waals surface area contributed by atoms with E-state index in [0.717, 1.165) is 41.7 Å². The van der Waals surface area contributed by atoms with E-state index in [1.54, 1.807) is 12.1 Å². The fourth-order valence-electron chi connectivity index (χ4n) is 3.48. The van der Waals surface area contributed by atoms with E-state index in [4.69, 9.17) is 9.84 Å². The summed E-state index contributed by atoms with van der Waals surface area (Å²) in [7, 11) is 0. The Balaban J connectivity index is 1.45. The van der Waals surface area contributed by atoms with Gasteiger partial charge in [-0.25, -0.2) is 4.79 Å². The molecule has 1 aliphatic rings. The van der Waals surface area contributed by atoms with Crippen LogP contribution in [0, 0.1) is 13.8 Å². The third-order valence-corrected chi connectivity index (χ3v) is 5.20. The molecule has 1 heterocycles. The summed E-state index contributed by atoms with van der Waals surface area (Å²) < 4.78 is 5.85. The lowest BCUT2D eigenvalue weighted by atomic mass is 9.97. The van der Waals surface area contributed by atoms with Crippen molar-refractivity contribution >= 4 is 11.9 Å². The summed E-state index contributed by atoms with van der Waals surface area (Å²) in [4.78, 5) is 25.5. The number of benzene rings is 2. The number of aryl methyl sites for hydroxylation is 2. The minimum atomic E-state index is -0.935. The van der Waals surface area contributed by atoms with Crippen LogP contribution in [0.25, 0.3) is 0 Å². The molecular weight excluding hydrogens is 354 g/mol. The first-order chi connectivity index (χ1) is 13.4. The number of fused-ring (bicyclic) bond motifs is 1. The van der Waals surface area contributed by atoms with Gasteiger partial charge in [0.15, 0.2) is 0 Å². The smallest absolute Gasteiger partial charge is 0.335 e. The lowest BCUT2D eigenvalue weighted by molar-refractivity contribution is -0.132. The molecule has 0 bridgehead atoms. The van der Waals surface area contributed by atoms with Crippen molar-refractivity contribution in [2.45, 2.75) is 46.1 Å². The van der Waals surface area contributed by atoms with Gasteiger partial charge in [0, 0.05) is 19.5 Å². The Kier molecular flexibility index (Phi) is 6.34. The second-order valence-electron chi connectivity index (χ2n) is 7.43. The third kappa shape index (κ3) is 4.91. The van der Waals surface area contributed by atoms with E-state index < -0.39 is 5.97 Å². The van der Waals surface area contributed by atoms with Crippen LogP contribution in [0.5, 0.6) is 5.75 Å². The SMILES string of the molecule is Cc1ccc(C)c(OCCCCC(=O)N2CCc3ccc(C(=O)O)cc3C2)c1. The predicted molar refractivity (Wildman–Crippen MR) is 108 cm³/mol. The van der Waals surface area contributed by atoms with E-state index in [1.165, 1.54) is 5.56 Å². The zero-order valence-corrected chi connectivity index (χ0v) is 16.5. The quantitative estimate of drug-likeness (QED) is 0.732. The Morgan fingerprint density at radius 3 is 2.68 bits per heavy atom. The maximum absolute atomic E-state index is 12.5. The van der Waals surface area contributed by atoms with Crippen LogP contribution in [0.1, 0.15) is 51.9 Å². The molecule has 0 atom stereocenters. The minimum Gasteiger partial charge on any atom is -0.493 e. The molecule has 1 aliphatic heterocycles. The number of unbranched alkanes of at least 4 members (excludes halogenated alkanes) is 1. The van der Waals surface area contributed by atoms with Crippen LogP contribution in [0.3, 0.4) is 0 Å². The van der Waals surface area contributed by atoms with Crippen molar-refractivity contribution in [3.05, 3.63) is 64.2 Å². The van der Waals surface area contributed by atoms with Crippen LogP contribution in [-0.4, -0.2) is 35.0 Å². The molecule has 148 valence electrons. The van der Waals surface area contributed by atoms with Gasteiger partial charge in [-0.1, -0.05) is 18.2 Å². The summed E-state index contributed by atoms with van der Waals surface area (Å²) in [5.74, 6) is 0.0985. The number of carbonyl (C=O) groups is 2. The molecule has 5 nitrogen and oxygen atoms in total. The molecule has 28 heavy (non-hydrogen) atoms. The number of nitrogens with zero attached hydrogens (tertiary/aromatic N) is 1. The molecule has 0 saturated heterocycles. The zero-order valence-electron chi connectivity index (χ0n) is 16.5. The number of rotatable bonds is 7. The minimum absolute atomic E-state index is 0.123. The highest BCUT2D eigenvalue weighted by Gasteiger charge is 2.21. The number of hydrogen-bond donors (Lipinski definition) is 1. The van der Waals surface area contributed by atoms with E-state index in [0.29, 0.717) is 26.1 Å². The van der Waals surface area contributed by atoms with Crippen LogP contribution < -0.4 is 4.74 Å². The Bertz CT molecular complexity index is 875. The van der Waals surface area contributed by atoms with Crippen molar-refractivity contribution in [3.8, 4) is 5.75 Å². The highest BCUT2D eigenvalue weighted by Crippen LogP contribution is 2.22. The maximum Gasteiger partial charge on any atom is 0.335 e. The highest BCUT2D eigenvalue weighted by molar-refractivity contribution is 5.88. The van der Waals surface area contributed by atoms with Crippen LogP contribution in [0.15, 0.2) is 36.4 Å². The fourth-order valence-corrected chi connectivity index (χ4v) is 3.48. The van der Waals surface area contributed by atoms with Gasteiger partial charge in [0.2, 0.25) is 5.91 Å². The summed E-state index contributed by atoms with van der Waals surface area (Å²) in [5.41, 5.74) is 4.65. The van der Waals surface area contributed by atoms with Crippen molar-refractivity contribution in [3.63, 3.8) is 0 Å². The Morgan fingerprint density at radius 1 is 1.07 bits per heavy atom. The number of aromatic carboxylic acids is 1. The number of carboxylic acids is 1. The molecule has 0 spiro atoms. The van der Waals surface area contributed by atoms with Crippen molar-refractivity contribution in [1.82, 2.24) is 4.90 Å². The van der Waals surface area contributed by atoms with Gasteiger partial charge >= 0.3 is 5.97 Å². The average molecular weight is 381 g/mol. The van der Waals surface area contributed by atoms with Gasteiger partial charge in [-0.15, -0.1) is 0 Å². The van der Waals surface area contributed by atoms with Gasteiger partial charge in [-0.2, -0.15) is 0 Å². The average Bonchev–Trinajstić information content (AvgIpc) is 2.69. The monoisotopic (exact) mass is 381 g/mol. The molecule has 0 radical (unpaired) electrons. The Morgan fingerprint density at radius 2 is 1.89 bits per heavy atom. The third-order valence-electron chi connectivity index (χ3n) is 5.20. The van der Waals surface area contributed by atoms with Crippen LogP contribution in [0.4, 0.5) is 0 Å². The lowest BCUT2D eigenvalue weighted by Gasteiger charge is -2.29. The largest absolute Gasteiger partial charge is 0.493 e. The van der Waals surface area contributed by atoms with Gasteiger partial charge in [0.1, 0.15) is 5.75 Å². The van der Waals surface area contributed by atoms with Gasteiger partial charge in [-0.05, 0) is 73.6 Å². The number of ether oxygens (including phenoxy) is 1. The van der Waals surface area contributed by atoms with Crippen molar-refractivity contribution in [1.29, 1.82) is 0 Å². The summed E-state index contributed by atoms with van der Waals surface area (Å²) in [5, 5.41) is 9.15. The molecule has 2 aromatic carbocycles. The molecule has 3 rings (SSSR count). The standard InChI is InChI=1S/C23H27NO4/c1-16-6-7-17(2)21(13-16)28-12-4-3-5-22(25)24-11-10-18-8-9-19(23(26)27)14-20(18)15-24/h6-9,13-14H,3-5,10-12,15H2,1-2H3,(H,26,27). The van der Waals surface area contributed by atoms with Gasteiger partial charge in [-0.3, -0.25) is 4.79 Å². The second-order valence-corrected chi connectivity index (χ2v) is 7.43. The lowest BCUT2D eigenvalue weighted by Crippen LogP contribution is -2.36. The first-order valence-electron chi connectivity index (χ1n) is 9.77.